The van der Waals surface area contributed by atoms with Crippen LogP contribution in [-0.2, 0) is 22.6 Å². The molecular weight excluding hydrogens is 412 g/mol. The highest BCUT2D eigenvalue weighted by atomic mass is 16.5. The van der Waals surface area contributed by atoms with Crippen molar-refractivity contribution in [2.24, 2.45) is 5.92 Å². The van der Waals surface area contributed by atoms with E-state index in [1.165, 1.54) is 4.68 Å². The average molecular weight is 443 g/mol. The average Bonchev–Trinajstić information content (AvgIpc) is 3.16. The fourth-order valence-corrected chi connectivity index (χ4v) is 3.90. The van der Waals surface area contributed by atoms with Crippen LogP contribution in [0.1, 0.15) is 43.8 Å². The maximum atomic E-state index is 12.8. The first-order valence-corrected chi connectivity index (χ1v) is 10.7. The molecule has 2 heterocycles. The van der Waals surface area contributed by atoms with Crippen molar-refractivity contribution in [2.45, 2.75) is 46.8 Å². The van der Waals surface area contributed by atoms with Gasteiger partial charge in [-0.3, -0.25) is 14.5 Å². The first kappa shape index (κ1) is 23.6. The van der Waals surface area contributed by atoms with Crippen LogP contribution in [0.3, 0.4) is 0 Å². The van der Waals surface area contributed by atoms with Crippen LogP contribution in [0.4, 0.5) is 0 Å². The molecule has 2 N–H and O–H groups in total. The molecule has 32 heavy (non-hydrogen) atoms. The number of aryl methyl sites for hydroxylation is 1. The molecule has 1 aromatic carbocycles. The number of carbonyl (C=O) groups is 1. The van der Waals surface area contributed by atoms with Gasteiger partial charge in [-0.05, 0) is 53.8 Å². The Labute approximate surface area is 186 Å². The molecular formula is C22H30N6O4. The zero-order valence-electron chi connectivity index (χ0n) is 18.9. The second-order valence-corrected chi connectivity index (χ2v) is 8.10. The highest BCUT2D eigenvalue weighted by Gasteiger charge is 2.30. The predicted octanol–water partition coefficient (Wildman–Crippen LogP) is 1.58. The SMILES string of the molecule is CCOC(=O)Cn1nnnc1C(C(C)C)N(CCO)Cc1cc2cc(C)ccc2[nH]c1=O. The number of aromatic nitrogens is 5. The third kappa shape index (κ3) is 5.38. The van der Waals surface area contributed by atoms with Crippen molar-refractivity contribution in [3.05, 3.63) is 51.6 Å². The molecule has 0 fully saturated rings. The molecule has 0 aliphatic carbocycles. The minimum Gasteiger partial charge on any atom is -0.465 e. The highest BCUT2D eigenvalue weighted by Crippen LogP contribution is 2.28. The third-order valence-electron chi connectivity index (χ3n) is 5.27. The van der Waals surface area contributed by atoms with E-state index in [9.17, 15) is 14.7 Å². The van der Waals surface area contributed by atoms with Gasteiger partial charge in [0.2, 0.25) is 0 Å². The van der Waals surface area contributed by atoms with Crippen LogP contribution in [-0.4, -0.2) is 60.9 Å². The highest BCUT2D eigenvalue weighted by molar-refractivity contribution is 5.79. The Morgan fingerprint density at radius 3 is 2.78 bits per heavy atom. The van der Waals surface area contributed by atoms with E-state index in [4.69, 9.17) is 4.74 Å². The minimum absolute atomic E-state index is 0.0373. The number of tetrazole rings is 1. The second kappa shape index (κ2) is 10.5. The largest absolute Gasteiger partial charge is 0.465 e. The van der Waals surface area contributed by atoms with E-state index in [1.54, 1.807) is 6.92 Å². The fourth-order valence-electron chi connectivity index (χ4n) is 3.90. The summed E-state index contributed by atoms with van der Waals surface area (Å²) in [6.45, 7) is 8.40. The predicted molar refractivity (Wildman–Crippen MR) is 119 cm³/mol. The Hall–Kier alpha value is -3.11. The van der Waals surface area contributed by atoms with Crippen molar-refractivity contribution < 1.29 is 14.6 Å². The zero-order chi connectivity index (χ0) is 23.3. The van der Waals surface area contributed by atoms with Crippen molar-refractivity contribution in [3.63, 3.8) is 0 Å². The molecule has 2 aromatic heterocycles. The van der Waals surface area contributed by atoms with Crippen LogP contribution in [0, 0.1) is 12.8 Å². The van der Waals surface area contributed by atoms with E-state index >= 15 is 0 Å². The number of aliphatic hydroxyl groups excluding tert-OH is 1. The number of carbonyl (C=O) groups excluding carboxylic acids is 1. The van der Waals surface area contributed by atoms with Crippen molar-refractivity contribution >= 4 is 16.9 Å². The van der Waals surface area contributed by atoms with Crippen LogP contribution >= 0.6 is 0 Å². The quantitative estimate of drug-likeness (QED) is 0.453. The molecule has 0 amide bonds. The fraction of sp³-hybridized carbons (Fsp3) is 0.500. The number of aliphatic hydroxyl groups is 1. The lowest BCUT2D eigenvalue weighted by Crippen LogP contribution is -2.37. The molecule has 10 nitrogen and oxygen atoms in total. The number of aromatic amines is 1. The molecule has 1 unspecified atom stereocenters. The maximum Gasteiger partial charge on any atom is 0.327 e. The molecule has 0 aliphatic rings. The van der Waals surface area contributed by atoms with Gasteiger partial charge in [0.25, 0.3) is 5.56 Å². The number of fused-ring (bicyclic) bond motifs is 1. The van der Waals surface area contributed by atoms with E-state index in [0.717, 1.165) is 16.5 Å². The molecule has 172 valence electrons. The zero-order valence-corrected chi connectivity index (χ0v) is 18.9. The first-order valence-electron chi connectivity index (χ1n) is 10.7. The van der Waals surface area contributed by atoms with Crippen molar-refractivity contribution in [1.29, 1.82) is 0 Å². The number of esters is 1. The molecule has 0 saturated carbocycles. The number of hydrogen-bond acceptors (Lipinski definition) is 8. The lowest BCUT2D eigenvalue weighted by atomic mass is 10.0. The summed E-state index contributed by atoms with van der Waals surface area (Å²) in [6.07, 6.45) is 0. The van der Waals surface area contributed by atoms with Gasteiger partial charge in [-0.2, -0.15) is 0 Å². The van der Waals surface area contributed by atoms with E-state index in [-0.39, 0.29) is 43.8 Å². The maximum absolute atomic E-state index is 12.8. The summed E-state index contributed by atoms with van der Waals surface area (Å²) in [5, 5.41) is 22.6. The Kier molecular flexibility index (Phi) is 7.70. The Bertz CT molecular complexity index is 1120. The van der Waals surface area contributed by atoms with E-state index < -0.39 is 5.97 Å². The summed E-state index contributed by atoms with van der Waals surface area (Å²) < 4.78 is 6.44. The lowest BCUT2D eigenvalue weighted by molar-refractivity contribution is -0.144. The monoisotopic (exact) mass is 442 g/mol. The van der Waals surface area contributed by atoms with Gasteiger partial charge in [0.15, 0.2) is 5.82 Å². The number of ether oxygens (including phenoxy) is 1. The normalized spacial score (nSPS) is 12.6. The van der Waals surface area contributed by atoms with Gasteiger partial charge < -0.3 is 14.8 Å². The van der Waals surface area contributed by atoms with E-state index in [1.807, 2.05) is 49.9 Å². The van der Waals surface area contributed by atoms with Crippen LogP contribution in [0.15, 0.2) is 29.1 Å². The number of pyridine rings is 1. The van der Waals surface area contributed by atoms with Gasteiger partial charge in [-0.15, -0.1) is 5.10 Å². The molecule has 0 bridgehead atoms. The molecule has 1 atom stereocenters. The van der Waals surface area contributed by atoms with Crippen LogP contribution in [0.5, 0.6) is 0 Å². The third-order valence-corrected chi connectivity index (χ3v) is 5.27. The number of nitrogens with one attached hydrogen (secondary N) is 1. The molecule has 0 radical (unpaired) electrons. The van der Waals surface area contributed by atoms with Crippen LogP contribution in [0.25, 0.3) is 10.9 Å². The lowest BCUT2D eigenvalue weighted by Gasteiger charge is -2.32. The smallest absolute Gasteiger partial charge is 0.327 e. The summed E-state index contributed by atoms with van der Waals surface area (Å²) in [5.74, 6) is 0.0865. The Balaban J connectivity index is 1.96. The van der Waals surface area contributed by atoms with Gasteiger partial charge in [-0.1, -0.05) is 25.5 Å². The molecule has 0 aliphatic heterocycles. The molecule has 3 aromatic rings. The molecule has 0 spiro atoms. The van der Waals surface area contributed by atoms with Gasteiger partial charge in [0.1, 0.15) is 6.54 Å². The first-order chi connectivity index (χ1) is 15.3. The van der Waals surface area contributed by atoms with E-state index in [2.05, 4.69) is 20.5 Å². The molecule has 0 saturated heterocycles. The summed E-state index contributed by atoms with van der Waals surface area (Å²) in [4.78, 5) is 29.7. The van der Waals surface area contributed by atoms with Gasteiger partial charge in [-0.25, -0.2) is 4.68 Å². The number of benzene rings is 1. The summed E-state index contributed by atoms with van der Waals surface area (Å²) in [6, 6.07) is 7.41. The number of rotatable bonds is 10. The Morgan fingerprint density at radius 2 is 2.09 bits per heavy atom. The topological polar surface area (TPSA) is 126 Å². The standard InChI is InChI=1S/C22H30N6O4/c1-5-32-19(30)13-28-21(24-25-26-28)20(14(2)3)27(8-9-29)12-17-11-16-10-15(4)6-7-18(16)23-22(17)31/h6-7,10-11,14,20,29H,5,8-9,12-13H2,1-4H3,(H,23,31). The summed E-state index contributed by atoms with van der Waals surface area (Å²) in [7, 11) is 0. The van der Waals surface area contributed by atoms with Crippen molar-refractivity contribution in [3.8, 4) is 0 Å². The van der Waals surface area contributed by atoms with Crippen molar-refractivity contribution in [2.75, 3.05) is 19.8 Å². The van der Waals surface area contributed by atoms with Crippen molar-refractivity contribution in [1.82, 2.24) is 30.1 Å². The summed E-state index contributed by atoms with van der Waals surface area (Å²) >= 11 is 0. The van der Waals surface area contributed by atoms with Gasteiger partial charge in [0, 0.05) is 24.2 Å². The number of hydrogen-bond donors (Lipinski definition) is 2. The second-order valence-electron chi connectivity index (χ2n) is 8.10. The van der Waals surface area contributed by atoms with Gasteiger partial charge in [0.05, 0.1) is 19.3 Å². The molecule has 10 heteroatoms. The van der Waals surface area contributed by atoms with E-state index in [0.29, 0.717) is 17.9 Å². The van der Waals surface area contributed by atoms with Crippen LogP contribution < -0.4 is 5.56 Å². The molecule has 3 rings (SSSR count). The summed E-state index contributed by atoms with van der Waals surface area (Å²) in [5.41, 5.74) is 2.27. The Morgan fingerprint density at radius 1 is 1.31 bits per heavy atom. The number of nitrogens with zero attached hydrogens (tertiary/aromatic N) is 5. The minimum atomic E-state index is -0.432. The van der Waals surface area contributed by atoms with Crippen LogP contribution in [0.2, 0.25) is 0 Å². The number of H-pyrrole nitrogens is 1. The van der Waals surface area contributed by atoms with Gasteiger partial charge >= 0.3 is 5.97 Å².